The predicted octanol–water partition coefficient (Wildman–Crippen LogP) is -0.531. The molecule has 1 aromatic heterocycles. The first kappa shape index (κ1) is 16.8. The van der Waals surface area contributed by atoms with Gasteiger partial charge in [-0.2, -0.15) is 31.9 Å². The Morgan fingerprint density at radius 1 is 1.20 bits per heavy atom. The van der Waals surface area contributed by atoms with Gasteiger partial charge in [0.25, 0.3) is 0 Å². The van der Waals surface area contributed by atoms with Gasteiger partial charge in [-0.15, -0.1) is 0 Å². The molecule has 2 nitrogen and oxygen atoms in total. The molecule has 0 saturated heterocycles. The molecular weight excluding hydrogens is 183 g/mol. The topological polar surface area (TPSA) is 46.1 Å². The van der Waals surface area contributed by atoms with Crippen molar-refractivity contribution in [3.05, 3.63) is 23.7 Å². The summed E-state index contributed by atoms with van der Waals surface area (Å²) in [6, 6.07) is 3.96. The minimum absolute atomic E-state index is 0. The van der Waals surface area contributed by atoms with Gasteiger partial charge in [-0.1, -0.05) is 0 Å². The Kier molecular flexibility index (Phi) is 38.2. The molecule has 1 heterocycles. The van der Waals surface area contributed by atoms with Crippen molar-refractivity contribution in [1.82, 2.24) is 0 Å². The van der Waals surface area contributed by atoms with Crippen LogP contribution in [-0.4, -0.2) is 14.2 Å². The fraction of sp³-hybridized carbons (Fsp3) is 0.333. The summed E-state index contributed by atoms with van der Waals surface area (Å²) < 4.78 is 0. The van der Waals surface area contributed by atoms with Crippen molar-refractivity contribution in [3.8, 4) is 0 Å². The monoisotopic (exact) mass is 193 g/mol. The normalized spacial score (nSPS) is 6.00. The number of hydrogen-bond donors (Lipinski definition) is 0. The summed E-state index contributed by atoms with van der Waals surface area (Å²) in [6.07, 6.45) is 0. The van der Waals surface area contributed by atoms with Crippen LogP contribution in [0.2, 0.25) is 0 Å². The van der Waals surface area contributed by atoms with Crippen molar-refractivity contribution >= 4 is 8.19 Å². The van der Waals surface area contributed by atoms with Crippen LogP contribution in [0.25, 0.3) is 0 Å². The van der Waals surface area contributed by atoms with Crippen LogP contribution >= 0.6 is 8.19 Å². The molecule has 1 atom stereocenters. The van der Waals surface area contributed by atoms with Gasteiger partial charge >= 0.3 is 21.7 Å². The molecule has 1 radical (unpaired) electrons. The summed E-state index contributed by atoms with van der Waals surface area (Å²) in [5.74, 6) is 5.11. The van der Waals surface area contributed by atoms with Crippen molar-refractivity contribution in [2.45, 2.75) is 0 Å². The summed E-state index contributed by atoms with van der Waals surface area (Å²) in [7, 11) is 2.32. The smallest absolute Gasteiger partial charge is 0.857 e. The van der Waals surface area contributed by atoms with Crippen LogP contribution in [0, 0.1) is 5.80 Å². The van der Waals surface area contributed by atoms with E-state index in [0.717, 1.165) is 22.4 Å². The molecule has 0 bridgehead atoms. The van der Waals surface area contributed by atoms with Gasteiger partial charge < -0.3 is 10.2 Å². The third kappa shape index (κ3) is 15.8. The Morgan fingerprint density at radius 3 is 1.80 bits per heavy atom. The standard InChI is InChI=1S/C4H4P.2CH3O.Ti/c1-2-4-5-3-1;2*1-2;/h1-3,5H;2*1H3;/q3*-1;+3. The van der Waals surface area contributed by atoms with Crippen LogP contribution in [0.15, 0.2) is 17.9 Å². The largest absolute Gasteiger partial charge is 3.00 e. The Bertz CT molecular complexity index is 72.2. The summed E-state index contributed by atoms with van der Waals surface area (Å²) in [5, 5.41) is 16.5. The molecule has 0 fully saturated rings. The van der Waals surface area contributed by atoms with E-state index in [1.165, 1.54) is 0 Å². The van der Waals surface area contributed by atoms with Crippen molar-refractivity contribution in [3.63, 3.8) is 0 Å². The van der Waals surface area contributed by atoms with Crippen LogP contribution in [0.5, 0.6) is 0 Å². The van der Waals surface area contributed by atoms with Gasteiger partial charge in [0, 0.05) is 0 Å². The minimum Gasteiger partial charge on any atom is -0.857 e. The molecular formula is C6H10O2PTi. The summed E-state index contributed by atoms with van der Waals surface area (Å²) in [6.45, 7) is 0. The second-order valence-corrected chi connectivity index (χ2v) is 1.73. The molecule has 0 aliphatic carbocycles. The molecule has 0 amide bonds. The molecule has 0 aromatic carbocycles. The van der Waals surface area contributed by atoms with E-state index in [4.69, 9.17) is 10.2 Å². The second-order valence-electron chi connectivity index (χ2n) is 0.814. The van der Waals surface area contributed by atoms with Gasteiger partial charge in [-0.3, -0.25) is 8.19 Å². The van der Waals surface area contributed by atoms with Crippen LogP contribution < -0.4 is 10.2 Å². The van der Waals surface area contributed by atoms with Gasteiger partial charge in [0.05, 0.1) is 0 Å². The Balaban J connectivity index is -0.0000000875. The first-order valence-corrected chi connectivity index (χ1v) is 3.39. The second kappa shape index (κ2) is 22.7. The maximum Gasteiger partial charge on any atom is 3.00 e. The fourth-order valence-corrected chi connectivity index (χ4v) is 0.722. The van der Waals surface area contributed by atoms with E-state index < -0.39 is 0 Å². The van der Waals surface area contributed by atoms with Crippen LogP contribution in [-0.2, 0) is 21.7 Å². The van der Waals surface area contributed by atoms with E-state index in [1.54, 1.807) is 0 Å². The zero-order valence-electron chi connectivity index (χ0n) is 6.05. The Hall–Kier alpha value is 0.414. The van der Waals surface area contributed by atoms with Gasteiger partial charge in [-0.05, 0) is 0 Å². The third-order valence-electron chi connectivity index (χ3n) is 0.442. The van der Waals surface area contributed by atoms with Crippen molar-refractivity contribution in [1.29, 1.82) is 0 Å². The molecule has 0 saturated carbocycles. The molecule has 0 aliphatic heterocycles. The van der Waals surface area contributed by atoms with E-state index in [1.807, 2.05) is 12.1 Å². The van der Waals surface area contributed by atoms with E-state index >= 15 is 0 Å². The molecule has 1 aromatic rings. The quantitative estimate of drug-likeness (QED) is 0.410. The van der Waals surface area contributed by atoms with E-state index in [-0.39, 0.29) is 21.7 Å². The van der Waals surface area contributed by atoms with Crippen LogP contribution in [0.4, 0.5) is 0 Å². The number of hydrogen-bond acceptors (Lipinski definition) is 2. The van der Waals surface area contributed by atoms with Crippen molar-refractivity contribution in [2.75, 3.05) is 14.2 Å². The molecule has 1 rings (SSSR count). The summed E-state index contributed by atoms with van der Waals surface area (Å²) >= 11 is 0. The first-order chi connectivity index (χ1) is 4.50. The molecule has 0 aliphatic rings. The molecule has 0 N–H and O–H groups in total. The Morgan fingerprint density at radius 2 is 1.70 bits per heavy atom. The molecule has 1 unspecified atom stereocenters. The minimum atomic E-state index is 0. The first-order valence-electron chi connectivity index (χ1n) is 2.31. The van der Waals surface area contributed by atoms with Gasteiger partial charge in [0.15, 0.2) is 0 Å². The van der Waals surface area contributed by atoms with Gasteiger partial charge in [-0.25, -0.2) is 6.07 Å². The van der Waals surface area contributed by atoms with Crippen molar-refractivity contribution < 1.29 is 31.9 Å². The SMILES string of the molecule is C[O-].C[O-].[Ti+3].[c-]1ccc[pH]1. The summed E-state index contributed by atoms with van der Waals surface area (Å²) in [4.78, 5) is 0. The fourth-order valence-electron chi connectivity index (χ4n) is 0.241. The zero-order valence-corrected chi connectivity index (χ0v) is 8.61. The third-order valence-corrected chi connectivity index (χ3v) is 1.13. The maximum atomic E-state index is 8.25. The molecule has 10 heavy (non-hydrogen) atoms. The average molecular weight is 193 g/mol. The van der Waals surface area contributed by atoms with Crippen LogP contribution in [0.3, 0.4) is 0 Å². The van der Waals surface area contributed by atoms with Gasteiger partial charge in [0.2, 0.25) is 0 Å². The van der Waals surface area contributed by atoms with Crippen molar-refractivity contribution in [2.24, 2.45) is 0 Å². The zero-order chi connectivity index (χ0) is 7.54. The van der Waals surface area contributed by atoms with Crippen LogP contribution in [0.1, 0.15) is 0 Å². The molecule has 0 spiro atoms. The maximum absolute atomic E-state index is 8.25. The van der Waals surface area contributed by atoms with E-state index in [0.29, 0.717) is 0 Å². The predicted molar refractivity (Wildman–Crippen MR) is 36.6 cm³/mol. The van der Waals surface area contributed by atoms with E-state index in [9.17, 15) is 0 Å². The number of rotatable bonds is 0. The van der Waals surface area contributed by atoms with E-state index in [2.05, 4.69) is 11.6 Å². The van der Waals surface area contributed by atoms with Gasteiger partial charge in [0.1, 0.15) is 0 Å². The molecule has 55 valence electrons. The Labute approximate surface area is 78.3 Å². The molecule has 4 heteroatoms. The average Bonchev–Trinajstić information content (AvgIpc) is 2.51. The summed E-state index contributed by atoms with van der Waals surface area (Å²) in [5.41, 5.74) is 0.